The van der Waals surface area contributed by atoms with Crippen molar-refractivity contribution in [2.24, 2.45) is 5.10 Å². The molecule has 2 rings (SSSR count). The summed E-state index contributed by atoms with van der Waals surface area (Å²) in [5.41, 5.74) is 0.783. The van der Waals surface area contributed by atoms with E-state index in [1.54, 1.807) is 23.4 Å². The van der Waals surface area contributed by atoms with Gasteiger partial charge in [-0.2, -0.15) is 5.10 Å². The molecule has 0 aliphatic heterocycles. The highest BCUT2D eigenvalue weighted by atomic mass is 16.6. The van der Waals surface area contributed by atoms with Crippen LogP contribution in [0.25, 0.3) is 0 Å². The van der Waals surface area contributed by atoms with Gasteiger partial charge in [-0.15, -0.1) is 0 Å². The highest BCUT2D eigenvalue weighted by Gasteiger charge is 2.22. The first-order valence-electron chi connectivity index (χ1n) is 7.16. The van der Waals surface area contributed by atoms with E-state index >= 15 is 0 Å². The van der Waals surface area contributed by atoms with E-state index in [1.807, 2.05) is 0 Å². The number of nitrogens with zero attached hydrogens (tertiary/aromatic N) is 3. The minimum Gasteiger partial charge on any atom is -0.273 e. The number of carbonyl (C=O) groups is 1. The third-order valence-electron chi connectivity index (χ3n) is 3.68. The van der Waals surface area contributed by atoms with Crippen LogP contribution in [0.2, 0.25) is 0 Å². The van der Waals surface area contributed by atoms with E-state index in [1.165, 1.54) is 25.5 Å². The van der Waals surface area contributed by atoms with Crippen LogP contribution in [0.4, 0.5) is 5.69 Å². The molecule has 0 aromatic heterocycles. The second kappa shape index (κ2) is 6.97. The van der Waals surface area contributed by atoms with Gasteiger partial charge in [0, 0.05) is 19.1 Å². The van der Waals surface area contributed by atoms with Crippen molar-refractivity contribution < 1.29 is 9.72 Å². The van der Waals surface area contributed by atoms with Gasteiger partial charge in [-0.1, -0.05) is 19.3 Å². The largest absolute Gasteiger partial charge is 0.273 e. The van der Waals surface area contributed by atoms with Crippen molar-refractivity contribution in [3.05, 3.63) is 39.9 Å². The van der Waals surface area contributed by atoms with E-state index in [0.29, 0.717) is 0 Å². The maximum atomic E-state index is 11.7. The molecule has 1 amide bonds. The SMILES string of the molecule is CC(=O)N(/N=C/c1ccc([N+](=O)[O-])cc1)C1CCCCC1. The zero-order valence-corrected chi connectivity index (χ0v) is 12.1. The van der Waals surface area contributed by atoms with E-state index < -0.39 is 4.92 Å². The molecule has 1 aliphatic carbocycles. The number of benzene rings is 1. The highest BCUT2D eigenvalue weighted by Crippen LogP contribution is 2.23. The monoisotopic (exact) mass is 289 g/mol. The molecule has 1 aromatic rings. The van der Waals surface area contributed by atoms with E-state index in [-0.39, 0.29) is 17.6 Å². The molecule has 6 heteroatoms. The summed E-state index contributed by atoms with van der Waals surface area (Å²) in [5, 5.41) is 16.4. The fourth-order valence-electron chi connectivity index (χ4n) is 2.57. The first-order valence-corrected chi connectivity index (χ1v) is 7.16. The molecule has 112 valence electrons. The average Bonchev–Trinajstić information content (AvgIpc) is 2.48. The molecule has 6 nitrogen and oxygen atoms in total. The lowest BCUT2D eigenvalue weighted by Crippen LogP contribution is -2.36. The average molecular weight is 289 g/mol. The Morgan fingerprint density at radius 1 is 1.29 bits per heavy atom. The topological polar surface area (TPSA) is 75.8 Å². The van der Waals surface area contributed by atoms with Crippen LogP contribution in [0, 0.1) is 10.1 Å². The fraction of sp³-hybridized carbons (Fsp3) is 0.467. The second-order valence-corrected chi connectivity index (χ2v) is 5.25. The number of carbonyl (C=O) groups excluding carboxylic acids is 1. The quantitative estimate of drug-likeness (QED) is 0.485. The van der Waals surface area contributed by atoms with Gasteiger partial charge in [0.15, 0.2) is 0 Å². The van der Waals surface area contributed by atoms with Crippen molar-refractivity contribution in [1.82, 2.24) is 5.01 Å². The third kappa shape index (κ3) is 4.11. The Hall–Kier alpha value is -2.24. The third-order valence-corrected chi connectivity index (χ3v) is 3.68. The Labute approximate surface area is 123 Å². The van der Waals surface area contributed by atoms with Crippen molar-refractivity contribution in [1.29, 1.82) is 0 Å². The molecule has 1 aromatic carbocycles. The van der Waals surface area contributed by atoms with Crippen LogP contribution in [-0.4, -0.2) is 28.1 Å². The number of hydrogen-bond acceptors (Lipinski definition) is 4. The summed E-state index contributed by atoms with van der Waals surface area (Å²) < 4.78 is 0. The molecule has 1 fully saturated rings. The van der Waals surface area contributed by atoms with E-state index in [2.05, 4.69) is 5.10 Å². The molecule has 1 saturated carbocycles. The van der Waals surface area contributed by atoms with Crippen LogP contribution in [-0.2, 0) is 4.79 Å². The number of nitro benzene ring substituents is 1. The summed E-state index contributed by atoms with van der Waals surface area (Å²) >= 11 is 0. The highest BCUT2D eigenvalue weighted by molar-refractivity contribution is 5.82. The van der Waals surface area contributed by atoms with Gasteiger partial charge in [0.2, 0.25) is 5.91 Å². The molecule has 1 aliphatic rings. The maximum absolute atomic E-state index is 11.7. The van der Waals surface area contributed by atoms with Gasteiger partial charge in [0.25, 0.3) is 5.69 Å². The predicted octanol–water partition coefficient (Wildman–Crippen LogP) is 3.11. The van der Waals surface area contributed by atoms with Crippen molar-refractivity contribution >= 4 is 17.8 Å². The van der Waals surface area contributed by atoms with Crippen LogP contribution in [0.3, 0.4) is 0 Å². The van der Waals surface area contributed by atoms with Crippen molar-refractivity contribution in [3.63, 3.8) is 0 Å². The molecule has 0 spiro atoms. The standard InChI is InChI=1S/C15H19N3O3/c1-12(19)17(14-5-3-2-4-6-14)16-11-13-7-9-15(10-8-13)18(20)21/h7-11,14H,2-6H2,1H3/b16-11+. The fourth-order valence-corrected chi connectivity index (χ4v) is 2.57. The number of rotatable bonds is 4. The van der Waals surface area contributed by atoms with Gasteiger partial charge in [0.05, 0.1) is 17.2 Å². The molecule has 0 saturated heterocycles. The van der Waals surface area contributed by atoms with Gasteiger partial charge >= 0.3 is 0 Å². The van der Waals surface area contributed by atoms with E-state index in [4.69, 9.17) is 0 Å². The van der Waals surface area contributed by atoms with Crippen molar-refractivity contribution in [2.75, 3.05) is 0 Å². The minimum atomic E-state index is -0.440. The first kappa shape index (κ1) is 15.2. The van der Waals surface area contributed by atoms with E-state index in [9.17, 15) is 14.9 Å². The summed E-state index contributed by atoms with van der Waals surface area (Å²) in [7, 11) is 0. The summed E-state index contributed by atoms with van der Waals surface area (Å²) in [6, 6.07) is 6.28. The lowest BCUT2D eigenvalue weighted by atomic mass is 9.95. The Morgan fingerprint density at radius 2 is 1.90 bits per heavy atom. The molecular weight excluding hydrogens is 270 g/mol. The Bertz CT molecular complexity index is 534. The smallest absolute Gasteiger partial charge is 0.269 e. The van der Waals surface area contributed by atoms with E-state index in [0.717, 1.165) is 31.2 Å². The number of hydrogen-bond donors (Lipinski definition) is 0. The summed E-state index contributed by atoms with van der Waals surface area (Å²) in [5.74, 6) is -0.0694. The molecule has 0 radical (unpaired) electrons. The zero-order valence-electron chi connectivity index (χ0n) is 12.1. The summed E-state index contributed by atoms with van der Waals surface area (Å²) in [4.78, 5) is 21.9. The van der Waals surface area contributed by atoms with Crippen LogP contribution in [0.1, 0.15) is 44.6 Å². The minimum absolute atomic E-state index is 0.0443. The molecule has 0 atom stereocenters. The first-order chi connectivity index (χ1) is 10.1. The lowest BCUT2D eigenvalue weighted by molar-refractivity contribution is -0.384. The number of hydrazone groups is 1. The summed E-state index contributed by atoms with van der Waals surface area (Å²) in [6.07, 6.45) is 7.02. The molecule has 0 heterocycles. The van der Waals surface area contributed by atoms with Gasteiger partial charge in [0.1, 0.15) is 0 Å². The molecule has 0 bridgehead atoms. The number of nitro groups is 1. The second-order valence-electron chi connectivity index (χ2n) is 5.25. The van der Waals surface area contributed by atoms with Gasteiger partial charge < -0.3 is 0 Å². The lowest BCUT2D eigenvalue weighted by Gasteiger charge is -2.29. The van der Waals surface area contributed by atoms with Crippen molar-refractivity contribution in [3.8, 4) is 0 Å². The predicted molar refractivity (Wildman–Crippen MR) is 80.1 cm³/mol. The Kier molecular flexibility index (Phi) is 5.03. The molecule has 0 unspecified atom stereocenters. The van der Waals surface area contributed by atoms with Crippen LogP contribution >= 0.6 is 0 Å². The summed E-state index contributed by atoms with van der Waals surface area (Å²) in [6.45, 7) is 1.52. The molecule has 21 heavy (non-hydrogen) atoms. The Morgan fingerprint density at radius 3 is 2.43 bits per heavy atom. The molecule has 0 N–H and O–H groups in total. The van der Waals surface area contributed by atoms with Crippen LogP contribution in [0.5, 0.6) is 0 Å². The number of amides is 1. The normalized spacial score (nSPS) is 16.0. The molecular formula is C15H19N3O3. The Balaban J connectivity index is 2.08. The van der Waals surface area contributed by atoms with Crippen LogP contribution in [0.15, 0.2) is 29.4 Å². The van der Waals surface area contributed by atoms with Gasteiger partial charge in [-0.25, -0.2) is 5.01 Å². The zero-order chi connectivity index (χ0) is 15.2. The van der Waals surface area contributed by atoms with Crippen molar-refractivity contribution in [2.45, 2.75) is 45.1 Å². The van der Waals surface area contributed by atoms with Crippen LogP contribution < -0.4 is 0 Å². The number of non-ortho nitro benzene ring substituents is 1. The van der Waals surface area contributed by atoms with Gasteiger partial charge in [-0.3, -0.25) is 14.9 Å². The van der Waals surface area contributed by atoms with Gasteiger partial charge in [-0.05, 0) is 30.5 Å². The maximum Gasteiger partial charge on any atom is 0.269 e.